The first-order valence-corrected chi connectivity index (χ1v) is 11.4. The largest absolute Gasteiger partial charge is 0.497 e. The molecule has 2 aromatic carbocycles. The van der Waals surface area contributed by atoms with Gasteiger partial charge in [0, 0.05) is 18.3 Å². The summed E-state index contributed by atoms with van der Waals surface area (Å²) in [5.74, 6) is 1.73. The minimum atomic E-state index is 0.118. The third kappa shape index (κ3) is 4.01. The topological polar surface area (TPSA) is 56.6 Å². The monoisotopic (exact) mass is 443 g/mol. The number of ether oxygens (including phenoxy) is 2. The number of hydrogen-bond acceptors (Lipinski definition) is 4. The van der Waals surface area contributed by atoms with Gasteiger partial charge in [0.2, 0.25) is 5.91 Å². The number of methoxy groups -OCH3 is 2. The molecule has 2 heterocycles. The Morgan fingerprint density at radius 1 is 1.09 bits per heavy atom. The van der Waals surface area contributed by atoms with Crippen LogP contribution in [-0.4, -0.2) is 41.1 Å². The van der Waals surface area contributed by atoms with E-state index in [9.17, 15) is 4.79 Å². The Balaban J connectivity index is 1.42. The molecule has 0 N–H and O–H groups in total. The summed E-state index contributed by atoms with van der Waals surface area (Å²) in [4.78, 5) is 19.9. The van der Waals surface area contributed by atoms with Gasteiger partial charge in [-0.2, -0.15) is 0 Å². The zero-order valence-corrected chi connectivity index (χ0v) is 19.4. The molecule has 0 spiro atoms. The second-order valence-electron chi connectivity index (χ2n) is 8.74. The first-order valence-electron chi connectivity index (χ1n) is 11.4. The Hall–Kier alpha value is -3.54. The number of amides is 1. The van der Waals surface area contributed by atoms with Crippen molar-refractivity contribution in [1.82, 2.24) is 14.5 Å². The molecular formula is C27H29N3O3. The van der Waals surface area contributed by atoms with Crippen LogP contribution in [0.4, 0.5) is 0 Å². The maximum absolute atomic E-state index is 13.5. The van der Waals surface area contributed by atoms with Crippen molar-refractivity contribution in [2.75, 3.05) is 20.8 Å². The summed E-state index contributed by atoms with van der Waals surface area (Å²) in [6, 6.07) is 12.4. The van der Waals surface area contributed by atoms with Crippen molar-refractivity contribution in [3.8, 4) is 17.2 Å². The van der Waals surface area contributed by atoms with Crippen LogP contribution < -0.4 is 9.47 Å². The van der Waals surface area contributed by atoms with E-state index in [1.807, 2.05) is 48.0 Å². The molecule has 1 fully saturated rings. The molecule has 170 valence electrons. The minimum absolute atomic E-state index is 0.118. The summed E-state index contributed by atoms with van der Waals surface area (Å²) in [5, 5.41) is 0. The van der Waals surface area contributed by atoms with Crippen molar-refractivity contribution in [3.05, 3.63) is 76.9 Å². The lowest BCUT2D eigenvalue weighted by Gasteiger charge is -2.34. The van der Waals surface area contributed by atoms with Gasteiger partial charge in [-0.3, -0.25) is 4.79 Å². The quantitative estimate of drug-likeness (QED) is 0.527. The van der Waals surface area contributed by atoms with Crippen LogP contribution in [-0.2, 0) is 11.2 Å². The van der Waals surface area contributed by atoms with Crippen molar-refractivity contribution in [1.29, 1.82) is 0 Å². The molecule has 6 heteroatoms. The number of carbonyl (C=O) groups is 1. The van der Waals surface area contributed by atoms with Crippen LogP contribution in [0.15, 0.2) is 54.5 Å². The fourth-order valence-electron chi connectivity index (χ4n) is 5.02. The highest BCUT2D eigenvalue weighted by atomic mass is 16.5. The van der Waals surface area contributed by atoms with Crippen LogP contribution in [0.2, 0.25) is 0 Å². The molecule has 1 aliphatic carbocycles. The number of benzene rings is 2. The lowest BCUT2D eigenvalue weighted by atomic mass is 9.97. The Kier molecular flexibility index (Phi) is 5.67. The minimum Gasteiger partial charge on any atom is -0.497 e. The van der Waals surface area contributed by atoms with E-state index < -0.39 is 0 Å². The lowest BCUT2D eigenvalue weighted by Crippen LogP contribution is -2.39. The third-order valence-electron chi connectivity index (χ3n) is 6.69. The predicted molar refractivity (Wildman–Crippen MR) is 128 cm³/mol. The fourth-order valence-corrected chi connectivity index (χ4v) is 5.02. The van der Waals surface area contributed by atoms with E-state index in [1.54, 1.807) is 20.5 Å². The van der Waals surface area contributed by atoms with Gasteiger partial charge in [-0.05, 0) is 79.6 Å². The first-order chi connectivity index (χ1) is 16.1. The molecule has 3 aromatic rings. The van der Waals surface area contributed by atoms with Gasteiger partial charge in [-0.15, -0.1) is 0 Å². The summed E-state index contributed by atoms with van der Waals surface area (Å²) < 4.78 is 13.0. The summed E-state index contributed by atoms with van der Waals surface area (Å²) in [7, 11) is 3.35. The highest BCUT2D eigenvalue weighted by Crippen LogP contribution is 2.40. The number of hydrogen-bond donors (Lipinski definition) is 0. The number of imidazole rings is 1. The maximum atomic E-state index is 13.5. The van der Waals surface area contributed by atoms with Crippen molar-refractivity contribution in [2.24, 2.45) is 0 Å². The van der Waals surface area contributed by atoms with Gasteiger partial charge in [0.25, 0.3) is 0 Å². The molecule has 1 atom stereocenters. The molecule has 0 radical (unpaired) electrons. The molecule has 5 rings (SSSR count). The summed E-state index contributed by atoms with van der Waals surface area (Å²) >= 11 is 0. The number of aromatic nitrogens is 2. The molecule has 0 unspecified atom stereocenters. The summed E-state index contributed by atoms with van der Waals surface area (Å²) in [6.45, 7) is 2.75. The number of carbonyl (C=O) groups excluding carboxylic acids is 1. The SMILES string of the molecule is COc1ccc2c(c1)[C@H](N1CCCC(=Cc3ccc(-n4cnc(C)c4)c(OC)c3)C1=O)CC2. The van der Waals surface area contributed by atoms with Crippen LogP contribution in [0.25, 0.3) is 11.8 Å². The molecular weight excluding hydrogens is 414 g/mol. The summed E-state index contributed by atoms with van der Waals surface area (Å²) in [5.41, 5.74) is 6.23. The van der Waals surface area contributed by atoms with Crippen molar-refractivity contribution < 1.29 is 14.3 Å². The second-order valence-corrected chi connectivity index (χ2v) is 8.74. The molecule has 0 bridgehead atoms. The van der Waals surface area contributed by atoms with Crippen molar-refractivity contribution in [3.63, 3.8) is 0 Å². The Morgan fingerprint density at radius 2 is 1.97 bits per heavy atom. The maximum Gasteiger partial charge on any atom is 0.250 e. The fraction of sp³-hybridized carbons (Fsp3) is 0.333. The van der Waals surface area contributed by atoms with E-state index in [0.717, 1.165) is 66.2 Å². The molecule has 1 aromatic heterocycles. The average Bonchev–Trinajstić information content (AvgIpc) is 3.46. The van der Waals surface area contributed by atoms with Crippen molar-refractivity contribution >= 4 is 12.0 Å². The Bertz CT molecular complexity index is 1230. The molecule has 6 nitrogen and oxygen atoms in total. The van der Waals surface area contributed by atoms with Crippen LogP contribution in [0, 0.1) is 6.92 Å². The number of piperidine rings is 1. The number of rotatable bonds is 5. The second kappa shape index (κ2) is 8.77. The van der Waals surface area contributed by atoms with Gasteiger partial charge in [0.1, 0.15) is 11.5 Å². The zero-order chi connectivity index (χ0) is 22.9. The average molecular weight is 444 g/mol. The van der Waals surface area contributed by atoms with Crippen molar-refractivity contribution in [2.45, 2.75) is 38.6 Å². The molecule has 33 heavy (non-hydrogen) atoms. The summed E-state index contributed by atoms with van der Waals surface area (Å²) in [6.07, 6.45) is 9.49. The Labute approximate surface area is 194 Å². The number of likely N-dealkylation sites (tertiary alicyclic amines) is 1. The van der Waals surface area contributed by atoms with Gasteiger partial charge >= 0.3 is 0 Å². The van der Waals surface area contributed by atoms with Gasteiger partial charge in [0.15, 0.2) is 0 Å². The molecule has 1 amide bonds. The van der Waals surface area contributed by atoms with Crippen LogP contribution in [0.1, 0.15) is 47.7 Å². The predicted octanol–water partition coefficient (Wildman–Crippen LogP) is 4.89. The first kappa shape index (κ1) is 21.3. The van der Waals surface area contributed by atoms with E-state index in [0.29, 0.717) is 0 Å². The van der Waals surface area contributed by atoms with Gasteiger partial charge in [0.05, 0.1) is 38.0 Å². The lowest BCUT2D eigenvalue weighted by molar-refractivity contribution is -0.131. The zero-order valence-electron chi connectivity index (χ0n) is 19.4. The smallest absolute Gasteiger partial charge is 0.250 e. The highest BCUT2D eigenvalue weighted by molar-refractivity contribution is 5.99. The normalized spacial score (nSPS) is 19.1. The number of nitrogens with zero attached hydrogens (tertiary/aromatic N) is 3. The van der Waals surface area contributed by atoms with E-state index in [4.69, 9.17) is 9.47 Å². The standard InChI is InChI=1S/C27H29N3O3/c1-18-16-29(17-28-18)25-10-6-19(14-26(25)33-3)13-21-5-4-12-30(27(21)31)24-11-8-20-7-9-22(32-2)15-23(20)24/h6-7,9-10,13-17,24H,4-5,8,11-12H2,1-3H3/t24-/m1/s1. The molecule has 0 saturated carbocycles. The molecule has 1 aliphatic heterocycles. The van der Waals surface area contributed by atoms with Crippen LogP contribution in [0.5, 0.6) is 11.5 Å². The van der Waals surface area contributed by atoms with Crippen LogP contribution in [0.3, 0.4) is 0 Å². The number of fused-ring (bicyclic) bond motifs is 1. The van der Waals surface area contributed by atoms with E-state index in [-0.39, 0.29) is 11.9 Å². The highest BCUT2D eigenvalue weighted by Gasteiger charge is 2.34. The van der Waals surface area contributed by atoms with E-state index in [1.165, 1.54) is 11.1 Å². The van der Waals surface area contributed by atoms with E-state index >= 15 is 0 Å². The van der Waals surface area contributed by atoms with Gasteiger partial charge < -0.3 is 18.9 Å². The van der Waals surface area contributed by atoms with E-state index in [2.05, 4.69) is 22.0 Å². The Morgan fingerprint density at radius 3 is 2.73 bits per heavy atom. The molecule has 1 saturated heterocycles. The van der Waals surface area contributed by atoms with Crippen LogP contribution >= 0.6 is 0 Å². The third-order valence-corrected chi connectivity index (χ3v) is 6.69. The number of aryl methyl sites for hydroxylation is 2. The molecule has 2 aliphatic rings. The van der Waals surface area contributed by atoms with Gasteiger partial charge in [-0.25, -0.2) is 4.98 Å². The van der Waals surface area contributed by atoms with Gasteiger partial charge in [-0.1, -0.05) is 12.1 Å².